The third kappa shape index (κ3) is 1.74. The van der Waals surface area contributed by atoms with Crippen LogP contribution in [0.1, 0.15) is 11.4 Å². The summed E-state index contributed by atoms with van der Waals surface area (Å²) in [4.78, 5) is 8.06. The minimum atomic E-state index is 0.769. The molecule has 0 aliphatic heterocycles. The summed E-state index contributed by atoms with van der Waals surface area (Å²) in [6.07, 6.45) is 5.17. The van der Waals surface area contributed by atoms with Crippen molar-refractivity contribution in [2.75, 3.05) is 0 Å². The van der Waals surface area contributed by atoms with Crippen molar-refractivity contribution in [1.29, 1.82) is 0 Å². The van der Waals surface area contributed by atoms with Gasteiger partial charge in [0.05, 0.1) is 0 Å². The van der Waals surface area contributed by atoms with Gasteiger partial charge < -0.3 is 0 Å². The van der Waals surface area contributed by atoms with Crippen molar-refractivity contribution < 1.29 is 0 Å². The van der Waals surface area contributed by atoms with Crippen molar-refractivity contribution in [2.45, 2.75) is 6.92 Å². The molecule has 1 heterocycles. The molecule has 0 fully saturated rings. The predicted molar refractivity (Wildman–Crippen MR) is 46.0 cm³/mol. The van der Waals surface area contributed by atoms with E-state index in [2.05, 4.69) is 23.1 Å². The zero-order chi connectivity index (χ0) is 8.27. The van der Waals surface area contributed by atoms with Gasteiger partial charge in [0.1, 0.15) is 5.82 Å². The predicted octanol–water partition coefficient (Wildman–Crippen LogP) is 1.98. The van der Waals surface area contributed by atoms with Gasteiger partial charge in [-0.15, -0.1) is 0 Å². The van der Waals surface area contributed by atoms with Crippen LogP contribution in [0.5, 0.6) is 0 Å². The first-order valence-corrected chi connectivity index (χ1v) is 3.34. The van der Waals surface area contributed by atoms with Gasteiger partial charge in [-0.3, -0.25) is 0 Å². The Kier molecular flexibility index (Phi) is 2.16. The molecule has 56 valence electrons. The fourth-order valence-corrected chi connectivity index (χ4v) is 0.676. The third-order valence-electron chi connectivity index (χ3n) is 1.40. The lowest BCUT2D eigenvalue weighted by Gasteiger charge is -1.97. The van der Waals surface area contributed by atoms with Crippen molar-refractivity contribution >= 4 is 5.57 Å². The van der Waals surface area contributed by atoms with Gasteiger partial charge in [0.25, 0.3) is 0 Å². The Bertz CT molecular complexity index is 272. The van der Waals surface area contributed by atoms with E-state index in [9.17, 15) is 0 Å². The maximum Gasteiger partial charge on any atom is 0.125 e. The van der Waals surface area contributed by atoms with Gasteiger partial charge in [0, 0.05) is 18.0 Å². The van der Waals surface area contributed by atoms with Gasteiger partial charge in [0.2, 0.25) is 0 Å². The fraction of sp³-hybridized carbons (Fsp3) is 0.111. The smallest absolute Gasteiger partial charge is 0.125 e. The Morgan fingerprint density at radius 2 is 2.00 bits per heavy atom. The second kappa shape index (κ2) is 3.10. The summed E-state index contributed by atoms with van der Waals surface area (Å²) in [6.45, 7) is 9.23. The van der Waals surface area contributed by atoms with Crippen LogP contribution in [0.3, 0.4) is 0 Å². The van der Waals surface area contributed by atoms with Crippen LogP contribution in [-0.4, -0.2) is 9.97 Å². The SMILES string of the molecule is C=CC(=C)c1cnc(C)nc1. The number of aromatic nitrogens is 2. The summed E-state index contributed by atoms with van der Waals surface area (Å²) in [5, 5.41) is 0. The fourth-order valence-electron chi connectivity index (χ4n) is 0.676. The summed E-state index contributed by atoms with van der Waals surface area (Å²) in [5.74, 6) is 0.769. The molecule has 0 aliphatic carbocycles. The van der Waals surface area contributed by atoms with E-state index < -0.39 is 0 Å². The van der Waals surface area contributed by atoms with Gasteiger partial charge in [0.15, 0.2) is 0 Å². The van der Waals surface area contributed by atoms with E-state index in [1.165, 1.54) is 0 Å². The minimum Gasteiger partial charge on any atom is -0.241 e. The highest BCUT2D eigenvalue weighted by molar-refractivity contribution is 5.70. The molecule has 0 saturated heterocycles. The normalized spacial score (nSPS) is 9.18. The molecule has 0 unspecified atom stereocenters. The van der Waals surface area contributed by atoms with Gasteiger partial charge in [-0.1, -0.05) is 19.2 Å². The van der Waals surface area contributed by atoms with Gasteiger partial charge >= 0.3 is 0 Å². The van der Waals surface area contributed by atoms with Gasteiger partial charge in [-0.25, -0.2) is 9.97 Å². The first kappa shape index (κ1) is 7.66. The lowest BCUT2D eigenvalue weighted by molar-refractivity contribution is 1.05. The Morgan fingerprint density at radius 1 is 1.45 bits per heavy atom. The van der Waals surface area contributed by atoms with Crippen LogP contribution in [0.2, 0.25) is 0 Å². The number of allylic oxidation sites excluding steroid dienone is 2. The van der Waals surface area contributed by atoms with Crippen LogP contribution in [0.15, 0.2) is 31.6 Å². The van der Waals surface area contributed by atoms with E-state index in [-0.39, 0.29) is 0 Å². The van der Waals surface area contributed by atoms with E-state index in [1.807, 2.05) is 6.92 Å². The molecule has 1 rings (SSSR count). The zero-order valence-electron chi connectivity index (χ0n) is 6.54. The zero-order valence-corrected chi connectivity index (χ0v) is 6.54. The molecule has 0 aliphatic rings. The Balaban J connectivity index is 2.98. The Hall–Kier alpha value is -1.44. The Labute approximate surface area is 66.3 Å². The number of hydrogen-bond donors (Lipinski definition) is 0. The summed E-state index contributed by atoms with van der Waals surface area (Å²) in [7, 11) is 0. The maximum atomic E-state index is 4.03. The second-order valence-corrected chi connectivity index (χ2v) is 2.25. The summed E-state index contributed by atoms with van der Waals surface area (Å²) >= 11 is 0. The summed E-state index contributed by atoms with van der Waals surface area (Å²) in [5.41, 5.74) is 1.77. The van der Waals surface area contributed by atoms with Crippen LogP contribution in [0.4, 0.5) is 0 Å². The third-order valence-corrected chi connectivity index (χ3v) is 1.40. The number of nitrogens with zero attached hydrogens (tertiary/aromatic N) is 2. The Morgan fingerprint density at radius 3 is 2.45 bits per heavy atom. The average molecular weight is 146 g/mol. The molecule has 0 bridgehead atoms. The first-order chi connectivity index (χ1) is 5.24. The molecule has 2 heteroatoms. The van der Waals surface area contributed by atoms with Crippen LogP contribution < -0.4 is 0 Å². The van der Waals surface area contributed by atoms with E-state index in [1.54, 1.807) is 18.5 Å². The highest BCUT2D eigenvalue weighted by Crippen LogP contribution is 2.09. The second-order valence-electron chi connectivity index (χ2n) is 2.25. The minimum absolute atomic E-state index is 0.769. The molecule has 2 nitrogen and oxygen atoms in total. The molecule has 0 N–H and O–H groups in total. The van der Waals surface area contributed by atoms with Crippen LogP contribution in [0, 0.1) is 6.92 Å². The first-order valence-electron chi connectivity index (χ1n) is 3.34. The van der Waals surface area contributed by atoms with Crippen molar-refractivity contribution in [2.24, 2.45) is 0 Å². The van der Waals surface area contributed by atoms with Crippen molar-refractivity contribution in [1.82, 2.24) is 9.97 Å². The number of hydrogen-bond acceptors (Lipinski definition) is 2. The molecule has 11 heavy (non-hydrogen) atoms. The lowest BCUT2D eigenvalue weighted by atomic mass is 10.2. The van der Waals surface area contributed by atoms with Crippen molar-refractivity contribution in [3.8, 4) is 0 Å². The maximum absolute atomic E-state index is 4.03. The van der Waals surface area contributed by atoms with Crippen LogP contribution in [0.25, 0.3) is 5.57 Å². The molecule has 0 aromatic carbocycles. The highest BCUT2D eigenvalue weighted by Gasteiger charge is 1.93. The van der Waals surface area contributed by atoms with E-state index >= 15 is 0 Å². The molecule has 0 radical (unpaired) electrons. The molecule has 1 aromatic heterocycles. The van der Waals surface area contributed by atoms with Crippen LogP contribution >= 0.6 is 0 Å². The molecule has 0 saturated carbocycles. The monoisotopic (exact) mass is 146 g/mol. The lowest BCUT2D eigenvalue weighted by Crippen LogP contribution is -1.88. The molecular formula is C9H10N2. The summed E-state index contributed by atoms with van der Waals surface area (Å²) < 4.78 is 0. The van der Waals surface area contributed by atoms with E-state index in [4.69, 9.17) is 0 Å². The molecular weight excluding hydrogens is 136 g/mol. The molecule has 0 spiro atoms. The number of aryl methyl sites for hydroxylation is 1. The summed E-state index contributed by atoms with van der Waals surface area (Å²) in [6, 6.07) is 0. The van der Waals surface area contributed by atoms with Gasteiger partial charge in [-0.2, -0.15) is 0 Å². The largest absolute Gasteiger partial charge is 0.241 e. The topological polar surface area (TPSA) is 25.8 Å². The van der Waals surface area contributed by atoms with Crippen molar-refractivity contribution in [3.05, 3.63) is 43.0 Å². The molecule has 1 aromatic rings. The molecule has 0 amide bonds. The highest BCUT2D eigenvalue weighted by atomic mass is 14.8. The quantitative estimate of drug-likeness (QED) is 0.596. The van der Waals surface area contributed by atoms with Crippen LogP contribution in [-0.2, 0) is 0 Å². The van der Waals surface area contributed by atoms with Crippen molar-refractivity contribution in [3.63, 3.8) is 0 Å². The standard InChI is InChI=1S/C9H10N2/c1-4-7(2)9-5-10-8(3)11-6-9/h4-6H,1-2H2,3H3. The number of rotatable bonds is 2. The molecule has 0 atom stereocenters. The average Bonchev–Trinajstić information content (AvgIpc) is 2.05. The van der Waals surface area contributed by atoms with E-state index in [0.717, 1.165) is 17.0 Å². The van der Waals surface area contributed by atoms with Gasteiger partial charge in [-0.05, 0) is 12.5 Å². The van der Waals surface area contributed by atoms with E-state index in [0.29, 0.717) is 0 Å².